The van der Waals surface area contributed by atoms with Crippen molar-refractivity contribution in [1.82, 2.24) is 4.72 Å². The summed E-state index contributed by atoms with van der Waals surface area (Å²) >= 11 is 3.72. The molecule has 0 aromatic heterocycles. The van der Waals surface area contributed by atoms with Crippen LogP contribution in [0.5, 0.6) is 0 Å². The average Bonchev–Trinajstić information content (AvgIpc) is 2.42. The Morgan fingerprint density at radius 1 is 1.35 bits per heavy atom. The minimum absolute atomic E-state index is 0.295. The first-order valence-corrected chi connectivity index (χ1v) is 10.1. The summed E-state index contributed by atoms with van der Waals surface area (Å²) in [5.74, 6) is 3.25. The summed E-state index contributed by atoms with van der Waals surface area (Å²) in [7, 11) is -3.49. The molecule has 0 amide bonds. The number of aryl methyl sites for hydroxylation is 1. The van der Waals surface area contributed by atoms with Gasteiger partial charge in [0.25, 0.3) is 0 Å². The Morgan fingerprint density at radius 3 is 2.75 bits per heavy atom. The van der Waals surface area contributed by atoms with Crippen LogP contribution in [-0.2, 0) is 10.0 Å². The molecule has 7 heteroatoms. The van der Waals surface area contributed by atoms with Crippen LogP contribution in [0.3, 0.4) is 0 Å². The molecule has 1 aliphatic heterocycles. The molecule has 0 radical (unpaired) electrons. The van der Waals surface area contributed by atoms with E-state index in [1.54, 1.807) is 19.1 Å². The number of benzene rings is 1. The van der Waals surface area contributed by atoms with Crippen molar-refractivity contribution in [2.45, 2.75) is 24.0 Å². The lowest BCUT2D eigenvalue weighted by Gasteiger charge is -2.21. The number of nitrogen functional groups attached to an aromatic ring is 1. The zero-order valence-corrected chi connectivity index (χ0v) is 14.1. The third-order valence-electron chi connectivity index (χ3n) is 3.22. The molecule has 4 nitrogen and oxygen atoms in total. The van der Waals surface area contributed by atoms with Crippen molar-refractivity contribution in [2.24, 2.45) is 0 Å². The van der Waals surface area contributed by atoms with Crippen molar-refractivity contribution < 1.29 is 8.42 Å². The first kappa shape index (κ1) is 16.0. The number of anilines is 1. The van der Waals surface area contributed by atoms with Gasteiger partial charge >= 0.3 is 0 Å². The maximum absolute atomic E-state index is 12.4. The van der Waals surface area contributed by atoms with E-state index in [-0.39, 0.29) is 0 Å². The third kappa shape index (κ3) is 3.84. The second kappa shape index (κ2) is 6.60. The number of thioether (sulfide) groups is 2. The SMILES string of the molecule is Cc1cc(N)c(C)c(S(=O)(=O)NCC2CSCCS2)c1. The van der Waals surface area contributed by atoms with Gasteiger partial charge in [-0.2, -0.15) is 23.5 Å². The number of rotatable bonds is 4. The quantitative estimate of drug-likeness (QED) is 0.825. The van der Waals surface area contributed by atoms with Crippen LogP contribution in [0, 0.1) is 13.8 Å². The van der Waals surface area contributed by atoms with Gasteiger partial charge in [-0.15, -0.1) is 0 Å². The lowest BCUT2D eigenvalue weighted by atomic mass is 10.1. The van der Waals surface area contributed by atoms with Gasteiger partial charge in [0.2, 0.25) is 10.0 Å². The first-order chi connectivity index (χ1) is 9.40. The van der Waals surface area contributed by atoms with Gasteiger partial charge in [0.15, 0.2) is 0 Å². The standard InChI is InChI=1S/C13H20N2O2S3/c1-9-5-12(14)10(2)13(6-9)20(16,17)15-7-11-8-18-3-4-19-11/h5-6,11,15H,3-4,7-8,14H2,1-2H3. The Morgan fingerprint density at radius 2 is 2.10 bits per heavy atom. The summed E-state index contributed by atoms with van der Waals surface area (Å²) in [6.07, 6.45) is 0. The molecule has 1 saturated heterocycles. The van der Waals surface area contributed by atoms with E-state index in [1.807, 2.05) is 30.4 Å². The second-order valence-electron chi connectivity index (χ2n) is 4.90. The normalized spacial score (nSPS) is 20.0. The van der Waals surface area contributed by atoms with Crippen LogP contribution in [0.25, 0.3) is 0 Å². The highest BCUT2D eigenvalue weighted by Crippen LogP contribution is 2.25. The molecule has 3 N–H and O–H groups in total. The highest BCUT2D eigenvalue weighted by Gasteiger charge is 2.21. The largest absolute Gasteiger partial charge is 0.398 e. The molecule has 1 aliphatic rings. The predicted octanol–water partition coefficient (Wildman–Crippen LogP) is 2.01. The van der Waals surface area contributed by atoms with Gasteiger partial charge in [-0.25, -0.2) is 13.1 Å². The van der Waals surface area contributed by atoms with Crippen LogP contribution >= 0.6 is 23.5 Å². The molecule has 1 aromatic rings. The van der Waals surface area contributed by atoms with Crippen LogP contribution in [0.2, 0.25) is 0 Å². The van der Waals surface area contributed by atoms with Gasteiger partial charge in [0.05, 0.1) is 4.90 Å². The monoisotopic (exact) mass is 332 g/mol. The van der Waals surface area contributed by atoms with E-state index < -0.39 is 10.0 Å². The molecule has 0 saturated carbocycles. The van der Waals surface area contributed by atoms with E-state index >= 15 is 0 Å². The lowest BCUT2D eigenvalue weighted by molar-refractivity contribution is 0.581. The van der Waals surface area contributed by atoms with Gasteiger partial charge in [-0.05, 0) is 37.1 Å². The van der Waals surface area contributed by atoms with Crippen molar-refractivity contribution >= 4 is 39.2 Å². The van der Waals surface area contributed by atoms with Crippen molar-refractivity contribution in [3.8, 4) is 0 Å². The molecule has 1 heterocycles. The molecule has 1 aromatic carbocycles. The summed E-state index contributed by atoms with van der Waals surface area (Å²) in [5.41, 5.74) is 7.86. The number of hydrogen-bond donors (Lipinski definition) is 2. The number of hydrogen-bond acceptors (Lipinski definition) is 5. The van der Waals surface area contributed by atoms with E-state index in [0.29, 0.717) is 27.9 Å². The van der Waals surface area contributed by atoms with Crippen molar-refractivity contribution in [3.05, 3.63) is 23.3 Å². The maximum atomic E-state index is 12.4. The van der Waals surface area contributed by atoms with E-state index in [0.717, 1.165) is 22.8 Å². The first-order valence-electron chi connectivity index (χ1n) is 6.46. The maximum Gasteiger partial charge on any atom is 0.240 e. The van der Waals surface area contributed by atoms with Crippen LogP contribution in [-0.4, -0.2) is 37.5 Å². The Labute approximate surface area is 129 Å². The van der Waals surface area contributed by atoms with E-state index in [1.165, 1.54) is 0 Å². The number of sulfonamides is 1. The van der Waals surface area contributed by atoms with Gasteiger partial charge < -0.3 is 5.73 Å². The third-order valence-corrected chi connectivity index (χ3v) is 7.61. The van der Waals surface area contributed by atoms with Gasteiger partial charge in [-0.3, -0.25) is 0 Å². The zero-order chi connectivity index (χ0) is 14.8. The van der Waals surface area contributed by atoms with Gasteiger partial charge in [0, 0.05) is 34.7 Å². The van der Waals surface area contributed by atoms with Crippen molar-refractivity contribution in [2.75, 3.05) is 29.5 Å². The minimum Gasteiger partial charge on any atom is -0.398 e. The summed E-state index contributed by atoms with van der Waals surface area (Å²) in [5, 5.41) is 0.353. The zero-order valence-electron chi connectivity index (χ0n) is 11.7. The average molecular weight is 333 g/mol. The molecule has 1 unspecified atom stereocenters. The fourth-order valence-corrected chi connectivity index (χ4v) is 6.22. The molecule has 0 spiro atoms. The molecule has 20 heavy (non-hydrogen) atoms. The summed E-state index contributed by atoms with van der Waals surface area (Å²) in [6.45, 7) is 4.07. The molecule has 2 rings (SSSR count). The van der Waals surface area contributed by atoms with Crippen molar-refractivity contribution in [3.63, 3.8) is 0 Å². The Hall–Kier alpha value is -0.370. The Balaban J connectivity index is 2.14. The van der Waals surface area contributed by atoms with Crippen LogP contribution < -0.4 is 10.5 Å². The molecule has 112 valence electrons. The lowest BCUT2D eigenvalue weighted by Crippen LogP contribution is -2.33. The molecule has 1 fully saturated rings. The molecule has 0 aliphatic carbocycles. The Kier molecular flexibility index (Phi) is 5.28. The second-order valence-corrected chi connectivity index (χ2v) is 9.19. The van der Waals surface area contributed by atoms with E-state index in [4.69, 9.17) is 5.73 Å². The molecular weight excluding hydrogens is 312 g/mol. The van der Waals surface area contributed by atoms with Crippen LogP contribution in [0.15, 0.2) is 17.0 Å². The molecule has 1 atom stereocenters. The topological polar surface area (TPSA) is 72.2 Å². The van der Waals surface area contributed by atoms with E-state index in [9.17, 15) is 8.42 Å². The minimum atomic E-state index is -3.49. The van der Waals surface area contributed by atoms with Gasteiger partial charge in [0.1, 0.15) is 0 Å². The molecular formula is C13H20N2O2S3. The highest BCUT2D eigenvalue weighted by atomic mass is 32.2. The molecule has 0 bridgehead atoms. The Bertz CT molecular complexity index is 582. The fraction of sp³-hybridized carbons (Fsp3) is 0.538. The van der Waals surface area contributed by atoms with Crippen molar-refractivity contribution in [1.29, 1.82) is 0 Å². The van der Waals surface area contributed by atoms with Crippen LogP contribution in [0.4, 0.5) is 5.69 Å². The van der Waals surface area contributed by atoms with Crippen LogP contribution in [0.1, 0.15) is 11.1 Å². The summed E-state index contributed by atoms with van der Waals surface area (Å²) in [6, 6.07) is 3.47. The predicted molar refractivity (Wildman–Crippen MR) is 89.1 cm³/mol. The smallest absolute Gasteiger partial charge is 0.240 e. The van der Waals surface area contributed by atoms with E-state index in [2.05, 4.69) is 4.72 Å². The number of nitrogens with two attached hydrogens (primary N) is 1. The highest BCUT2D eigenvalue weighted by molar-refractivity contribution is 8.06. The summed E-state index contributed by atoms with van der Waals surface area (Å²) in [4.78, 5) is 0.295. The number of nitrogens with one attached hydrogen (secondary N) is 1. The fourth-order valence-electron chi connectivity index (χ4n) is 2.07. The summed E-state index contributed by atoms with van der Waals surface area (Å²) < 4.78 is 27.6. The van der Waals surface area contributed by atoms with Gasteiger partial charge in [-0.1, -0.05) is 0 Å².